The monoisotopic (exact) mass is 246 g/mol. The van der Waals surface area contributed by atoms with Crippen molar-refractivity contribution in [2.45, 2.75) is 18.4 Å². The Bertz CT molecular complexity index is 235. The van der Waals surface area contributed by atoms with Crippen molar-refractivity contribution in [3.05, 3.63) is 0 Å². The summed E-state index contributed by atoms with van der Waals surface area (Å²) in [6.07, 6.45) is -2.29. The van der Waals surface area contributed by atoms with Crippen molar-refractivity contribution in [1.82, 2.24) is 0 Å². The van der Waals surface area contributed by atoms with Crippen molar-refractivity contribution in [3.63, 3.8) is 0 Å². The van der Waals surface area contributed by atoms with Crippen LogP contribution >= 0.6 is 0 Å². The molecule has 0 heterocycles. The van der Waals surface area contributed by atoms with Crippen LogP contribution in [0.3, 0.4) is 0 Å². The van der Waals surface area contributed by atoms with Crippen LogP contribution in [0.1, 0.15) is 12.8 Å². The first kappa shape index (κ1) is 20.7. The fourth-order valence-electron chi connectivity index (χ4n) is 0.714. The van der Waals surface area contributed by atoms with Crippen molar-refractivity contribution in [1.29, 1.82) is 0 Å². The van der Waals surface area contributed by atoms with Crippen LogP contribution < -0.4 is 34.7 Å². The Hall–Kier alpha value is -0.670. The molecule has 9 heteroatoms. The van der Waals surface area contributed by atoms with Crippen molar-refractivity contribution in [2.75, 3.05) is 7.11 Å². The zero-order valence-electron chi connectivity index (χ0n) is 8.84. The third-order valence-corrected chi connectivity index (χ3v) is 1.29. The van der Waals surface area contributed by atoms with Crippen LogP contribution in [0.25, 0.3) is 0 Å². The number of carboxylic acid groups (broad SMARTS) is 3. The maximum Gasteiger partial charge on any atom is 1.00 e. The van der Waals surface area contributed by atoms with E-state index in [2.05, 4.69) is 0 Å². The van der Waals surface area contributed by atoms with Gasteiger partial charge < -0.3 is 25.5 Å². The van der Waals surface area contributed by atoms with Gasteiger partial charge in [0, 0.05) is 0 Å². The standard InChI is InChI=1S/C6H8O7.CH3O.Na/c7-3(8)1-6(13,5(11)12)2-4(9)10;1-2;/h13H,1-2H2,(H,7,8)(H,9,10)(H,11,12);1H3;/q;-1;+1. The molecule has 0 saturated carbocycles. The van der Waals surface area contributed by atoms with E-state index < -0.39 is 36.4 Å². The van der Waals surface area contributed by atoms with E-state index in [9.17, 15) is 14.4 Å². The first-order valence-corrected chi connectivity index (χ1v) is 3.58. The Morgan fingerprint density at radius 3 is 1.38 bits per heavy atom. The van der Waals surface area contributed by atoms with Crippen molar-refractivity contribution < 1.29 is 69.5 Å². The van der Waals surface area contributed by atoms with Gasteiger partial charge in [0.15, 0.2) is 5.60 Å². The topological polar surface area (TPSA) is 155 Å². The summed E-state index contributed by atoms with van der Waals surface area (Å²) in [5.74, 6) is -5.02. The SMILES string of the molecule is C[O-].O=C(O)CC(O)(CC(=O)O)C(=O)O.[Na+]. The van der Waals surface area contributed by atoms with Gasteiger partial charge in [0.25, 0.3) is 0 Å². The van der Waals surface area contributed by atoms with E-state index in [1.807, 2.05) is 0 Å². The maximum absolute atomic E-state index is 10.3. The molecule has 0 aliphatic rings. The van der Waals surface area contributed by atoms with Gasteiger partial charge in [-0.2, -0.15) is 7.11 Å². The molecule has 0 aromatic heterocycles. The predicted molar refractivity (Wildman–Crippen MR) is 43.0 cm³/mol. The van der Waals surface area contributed by atoms with E-state index in [1.165, 1.54) is 0 Å². The second-order valence-corrected chi connectivity index (χ2v) is 2.48. The number of carboxylic acids is 3. The number of hydrogen-bond donors (Lipinski definition) is 4. The first-order chi connectivity index (χ1) is 6.78. The van der Waals surface area contributed by atoms with E-state index in [1.54, 1.807) is 0 Å². The Balaban J connectivity index is -0.000000529. The average Bonchev–Trinajstić information content (AvgIpc) is 2.04. The van der Waals surface area contributed by atoms with Gasteiger partial charge in [0.2, 0.25) is 0 Å². The Labute approximate surface area is 113 Å². The quantitative estimate of drug-likeness (QED) is 0.350. The van der Waals surface area contributed by atoms with Gasteiger partial charge in [-0.1, -0.05) is 0 Å². The minimum atomic E-state index is -2.74. The van der Waals surface area contributed by atoms with Gasteiger partial charge in [0.1, 0.15) is 0 Å². The number of aliphatic carboxylic acids is 3. The Kier molecular flexibility index (Phi) is 12.4. The second-order valence-electron chi connectivity index (χ2n) is 2.48. The van der Waals surface area contributed by atoms with Gasteiger partial charge in [-0.25, -0.2) is 4.79 Å². The third kappa shape index (κ3) is 8.62. The van der Waals surface area contributed by atoms with Gasteiger partial charge >= 0.3 is 47.5 Å². The second kappa shape index (κ2) is 9.55. The third-order valence-electron chi connectivity index (χ3n) is 1.29. The molecule has 0 atom stereocenters. The average molecular weight is 246 g/mol. The van der Waals surface area contributed by atoms with Gasteiger partial charge in [0.05, 0.1) is 12.8 Å². The predicted octanol–water partition coefficient (Wildman–Crippen LogP) is -5.27. The molecule has 0 spiro atoms. The fourth-order valence-corrected chi connectivity index (χ4v) is 0.714. The summed E-state index contributed by atoms with van der Waals surface area (Å²) < 4.78 is 0. The van der Waals surface area contributed by atoms with Crippen LogP contribution in [-0.2, 0) is 14.4 Å². The van der Waals surface area contributed by atoms with E-state index in [-0.39, 0.29) is 29.6 Å². The molecule has 4 N–H and O–H groups in total. The molecular formula is C7H11NaO8. The normalized spacial score (nSPS) is 9.19. The molecule has 0 fully saturated rings. The molecule has 16 heavy (non-hydrogen) atoms. The summed E-state index contributed by atoms with van der Waals surface area (Å²) in [7, 11) is 0.750. The van der Waals surface area contributed by atoms with Crippen molar-refractivity contribution >= 4 is 17.9 Å². The minimum absolute atomic E-state index is 0. The summed E-state index contributed by atoms with van der Waals surface area (Å²) in [4.78, 5) is 30.5. The summed E-state index contributed by atoms with van der Waals surface area (Å²) in [5, 5.41) is 42.1. The molecule has 0 unspecified atom stereocenters. The summed E-state index contributed by atoms with van der Waals surface area (Å²) >= 11 is 0. The zero-order chi connectivity index (χ0) is 12.6. The number of carbonyl (C=O) groups is 3. The van der Waals surface area contributed by atoms with Crippen molar-refractivity contribution in [3.8, 4) is 0 Å². The molecule has 0 rings (SSSR count). The molecule has 0 radical (unpaired) electrons. The summed E-state index contributed by atoms with van der Waals surface area (Å²) in [5.41, 5.74) is -2.74. The first-order valence-electron chi connectivity index (χ1n) is 3.58. The Morgan fingerprint density at radius 2 is 1.25 bits per heavy atom. The minimum Gasteiger partial charge on any atom is -0.857 e. The van der Waals surface area contributed by atoms with E-state index in [4.69, 9.17) is 25.5 Å². The van der Waals surface area contributed by atoms with E-state index in [0.29, 0.717) is 0 Å². The van der Waals surface area contributed by atoms with Gasteiger partial charge in [-0.15, -0.1) is 0 Å². The van der Waals surface area contributed by atoms with Crippen LogP contribution in [0.4, 0.5) is 0 Å². The molecule has 0 amide bonds. The van der Waals surface area contributed by atoms with Crippen LogP contribution in [-0.4, -0.2) is 51.0 Å². The van der Waals surface area contributed by atoms with Crippen LogP contribution in [0.2, 0.25) is 0 Å². The smallest absolute Gasteiger partial charge is 0.857 e. The van der Waals surface area contributed by atoms with Gasteiger partial charge in [-0.05, 0) is 0 Å². The molecular weight excluding hydrogens is 235 g/mol. The zero-order valence-corrected chi connectivity index (χ0v) is 10.8. The van der Waals surface area contributed by atoms with Gasteiger partial charge in [-0.3, -0.25) is 9.59 Å². The van der Waals surface area contributed by atoms with E-state index >= 15 is 0 Å². The van der Waals surface area contributed by atoms with Crippen LogP contribution in [0, 0.1) is 0 Å². The van der Waals surface area contributed by atoms with Crippen molar-refractivity contribution in [2.24, 2.45) is 0 Å². The van der Waals surface area contributed by atoms with Crippen LogP contribution in [0.5, 0.6) is 0 Å². The number of rotatable bonds is 5. The largest absolute Gasteiger partial charge is 1.00 e. The molecule has 0 saturated heterocycles. The maximum atomic E-state index is 10.3. The van der Waals surface area contributed by atoms with E-state index in [0.717, 1.165) is 7.11 Å². The molecule has 0 aromatic rings. The summed E-state index contributed by atoms with van der Waals surface area (Å²) in [6.45, 7) is 0. The molecule has 8 nitrogen and oxygen atoms in total. The molecule has 88 valence electrons. The molecule has 0 aliphatic heterocycles. The van der Waals surface area contributed by atoms with Crippen LogP contribution in [0.15, 0.2) is 0 Å². The Morgan fingerprint density at radius 1 is 1.00 bits per heavy atom. The molecule has 0 aliphatic carbocycles. The number of hydrogen-bond acceptors (Lipinski definition) is 5. The molecule has 0 bridgehead atoms. The fraction of sp³-hybridized carbons (Fsp3) is 0.571. The molecule has 0 aromatic carbocycles. The number of aliphatic hydroxyl groups is 1. The summed E-state index contributed by atoms with van der Waals surface area (Å²) in [6, 6.07) is 0.